The van der Waals surface area contributed by atoms with Crippen molar-refractivity contribution >= 4 is 0 Å². The lowest BCUT2D eigenvalue weighted by atomic mass is 9.88. The van der Waals surface area contributed by atoms with E-state index in [0.29, 0.717) is 12.0 Å². The van der Waals surface area contributed by atoms with Gasteiger partial charge in [-0.05, 0) is 45.1 Å². The molecule has 1 rings (SSSR count). The van der Waals surface area contributed by atoms with Gasteiger partial charge in [0.05, 0.1) is 5.60 Å². The maximum Gasteiger partial charge on any atom is 0.0637 e. The molecule has 0 aromatic carbocycles. The second kappa shape index (κ2) is 4.43. The van der Waals surface area contributed by atoms with E-state index in [1.54, 1.807) is 0 Å². The highest BCUT2D eigenvalue weighted by molar-refractivity contribution is 4.84. The molecule has 2 unspecified atom stereocenters. The second-order valence-electron chi connectivity index (χ2n) is 5.09. The molecule has 0 aliphatic carbocycles. The van der Waals surface area contributed by atoms with E-state index in [2.05, 4.69) is 19.2 Å². The molecule has 0 aromatic rings. The van der Waals surface area contributed by atoms with Crippen LogP contribution in [0, 0.1) is 5.92 Å². The Bertz CT molecular complexity index is 148. The molecular weight excluding hydrogens is 162 g/mol. The molecule has 2 heteroatoms. The van der Waals surface area contributed by atoms with Gasteiger partial charge < -0.3 is 10.4 Å². The van der Waals surface area contributed by atoms with E-state index < -0.39 is 5.60 Å². The molecule has 0 aromatic heterocycles. The van der Waals surface area contributed by atoms with Crippen LogP contribution in [-0.2, 0) is 0 Å². The van der Waals surface area contributed by atoms with Crippen molar-refractivity contribution in [1.29, 1.82) is 0 Å². The van der Waals surface area contributed by atoms with Crippen LogP contribution < -0.4 is 5.32 Å². The number of aliphatic hydroxyl groups is 1. The molecule has 1 aliphatic heterocycles. The minimum absolute atomic E-state index is 0.476. The molecular formula is C11H23NO. The quantitative estimate of drug-likeness (QED) is 0.701. The summed E-state index contributed by atoms with van der Waals surface area (Å²) in [5.74, 6) is 0.580. The van der Waals surface area contributed by atoms with E-state index in [1.165, 1.54) is 12.8 Å². The van der Waals surface area contributed by atoms with Gasteiger partial charge in [-0.3, -0.25) is 0 Å². The number of nitrogens with one attached hydrogen (secondary N) is 1. The Morgan fingerprint density at radius 1 is 1.54 bits per heavy atom. The Hall–Kier alpha value is -0.0800. The molecule has 2 N–H and O–H groups in total. The first-order valence-corrected chi connectivity index (χ1v) is 5.45. The average molecular weight is 185 g/mol. The first kappa shape index (κ1) is 11.0. The monoisotopic (exact) mass is 185 g/mol. The van der Waals surface area contributed by atoms with Crippen LogP contribution >= 0.6 is 0 Å². The molecule has 1 saturated heterocycles. The summed E-state index contributed by atoms with van der Waals surface area (Å²) in [4.78, 5) is 0. The van der Waals surface area contributed by atoms with Crippen molar-refractivity contribution in [1.82, 2.24) is 5.32 Å². The Morgan fingerprint density at radius 2 is 2.23 bits per heavy atom. The Morgan fingerprint density at radius 3 is 2.69 bits per heavy atom. The predicted molar refractivity (Wildman–Crippen MR) is 55.7 cm³/mol. The molecule has 0 radical (unpaired) electrons. The van der Waals surface area contributed by atoms with Crippen molar-refractivity contribution in [3.63, 3.8) is 0 Å². The van der Waals surface area contributed by atoms with Crippen molar-refractivity contribution in [2.45, 2.75) is 58.1 Å². The summed E-state index contributed by atoms with van der Waals surface area (Å²) in [6.45, 7) is 7.42. The van der Waals surface area contributed by atoms with Crippen LogP contribution in [0.2, 0.25) is 0 Å². The molecule has 2 atom stereocenters. The lowest BCUT2D eigenvalue weighted by molar-refractivity contribution is 0.0219. The molecule has 0 spiro atoms. The molecule has 0 saturated carbocycles. The third-order valence-corrected chi connectivity index (χ3v) is 2.70. The van der Waals surface area contributed by atoms with E-state index in [9.17, 15) is 5.11 Å². The summed E-state index contributed by atoms with van der Waals surface area (Å²) >= 11 is 0. The van der Waals surface area contributed by atoms with Crippen LogP contribution in [0.5, 0.6) is 0 Å². The van der Waals surface area contributed by atoms with Crippen molar-refractivity contribution in [3.8, 4) is 0 Å². The molecule has 1 heterocycles. The van der Waals surface area contributed by atoms with Crippen LogP contribution in [0.4, 0.5) is 0 Å². The van der Waals surface area contributed by atoms with Gasteiger partial charge >= 0.3 is 0 Å². The average Bonchev–Trinajstić information content (AvgIpc) is 2.34. The lowest BCUT2D eigenvalue weighted by Crippen LogP contribution is -2.35. The van der Waals surface area contributed by atoms with Crippen molar-refractivity contribution < 1.29 is 5.11 Å². The number of hydrogen-bond acceptors (Lipinski definition) is 2. The first-order chi connectivity index (χ1) is 5.99. The highest BCUT2D eigenvalue weighted by atomic mass is 16.3. The van der Waals surface area contributed by atoms with Crippen LogP contribution in [0.3, 0.4) is 0 Å². The zero-order chi connectivity index (χ0) is 9.90. The highest BCUT2D eigenvalue weighted by Gasteiger charge is 2.27. The van der Waals surface area contributed by atoms with Gasteiger partial charge in [-0.25, -0.2) is 0 Å². The Balaban J connectivity index is 2.31. The summed E-state index contributed by atoms with van der Waals surface area (Å²) in [7, 11) is 0. The predicted octanol–water partition coefficient (Wildman–Crippen LogP) is 1.93. The fourth-order valence-electron chi connectivity index (χ4n) is 2.42. The molecule has 1 aliphatic rings. The van der Waals surface area contributed by atoms with Gasteiger partial charge in [0, 0.05) is 6.04 Å². The fraction of sp³-hybridized carbons (Fsp3) is 1.00. The van der Waals surface area contributed by atoms with Gasteiger partial charge in [-0.2, -0.15) is 0 Å². The molecule has 0 amide bonds. The molecule has 13 heavy (non-hydrogen) atoms. The lowest BCUT2D eigenvalue weighted by Gasteiger charge is -2.28. The van der Waals surface area contributed by atoms with E-state index in [0.717, 1.165) is 19.4 Å². The van der Waals surface area contributed by atoms with Gasteiger partial charge in [0.25, 0.3) is 0 Å². The van der Waals surface area contributed by atoms with Gasteiger partial charge in [0.2, 0.25) is 0 Å². The van der Waals surface area contributed by atoms with Crippen molar-refractivity contribution in [2.24, 2.45) is 5.92 Å². The zero-order valence-electron chi connectivity index (χ0n) is 9.14. The third-order valence-electron chi connectivity index (χ3n) is 2.70. The maximum absolute atomic E-state index is 10.1. The highest BCUT2D eigenvalue weighted by Crippen LogP contribution is 2.24. The maximum atomic E-state index is 10.1. The number of rotatable bonds is 4. The van der Waals surface area contributed by atoms with Crippen LogP contribution in [0.1, 0.15) is 46.5 Å². The van der Waals surface area contributed by atoms with E-state index in [1.807, 2.05) is 6.92 Å². The van der Waals surface area contributed by atoms with Crippen molar-refractivity contribution in [2.75, 3.05) is 6.54 Å². The molecule has 2 nitrogen and oxygen atoms in total. The summed E-state index contributed by atoms with van der Waals surface area (Å²) in [5.41, 5.74) is -0.476. The topological polar surface area (TPSA) is 32.3 Å². The largest absolute Gasteiger partial charge is 0.390 e. The van der Waals surface area contributed by atoms with Gasteiger partial charge in [0.1, 0.15) is 0 Å². The normalized spacial score (nSPS) is 27.9. The third kappa shape index (κ3) is 4.10. The minimum Gasteiger partial charge on any atom is -0.390 e. The van der Waals surface area contributed by atoms with E-state index in [-0.39, 0.29) is 0 Å². The van der Waals surface area contributed by atoms with Crippen LogP contribution in [-0.4, -0.2) is 23.3 Å². The minimum atomic E-state index is -0.476. The fourth-order valence-corrected chi connectivity index (χ4v) is 2.42. The first-order valence-electron chi connectivity index (χ1n) is 5.45. The summed E-state index contributed by atoms with van der Waals surface area (Å²) < 4.78 is 0. The number of hydrogen-bond donors (Lipinski definition) is 2. The van der Waals surface area contributed by atoms with Crippen LogP contribution in [0.15, 0.2) is 0 Å². The summed E-state index contributed by atoms with van der Waals surface area (Å²) in [5, 5.41) is 13.5. The summed E-state index contributed by atoms with van der Waals surface area (Å²) in [6.07, 6.45) is 4.31. The zero-order valence-corrected chi connectivity index (χ0v) is 9.14. The van der Waals surface area contributed by atoms with Gasteiger partial charge in [-0.1, -0.05) is 13.8 Å². The molecule has 78 valence electrons. The van der Waals surface area contributed by atoms with Gasteiger partial charge in [0.15, 0.2) is 0 Å². The summed E-state index contributed by atoms with van der Waals surface area (Å²) in [6, 6.07) is 0.550. The smallest absolute Gasteiger partial charge is 0.0637 e. The van der Waals surface area contributed by atoms with Crippen LogP contribution in [0.25, 0.3) is 0 Å². The van der Waals surface area contributed by atoms with Crippen molar-refractivity contribution in [3.05, 3.63) is 0 Å². The standard InChI is InChI=1S/C11H23NO/c1-9(2)7-11(3,13)8-10-5-4-6-12-10/h9-10,12-13H,4-8H2,1-3H3. The SMILES string of the molecule is CC(C)CC(C)(O)CC1CCCN1. The Labute approximate surface area is 81.7 Å². The van der Waals surface area contributed by atoms with E-state index in [4.69, 9.17) is 0 Å². The second-order valence-corrected chi connectivity index (χ2v) is 5.09. The van der Waals surface area contributed by atoms with Gasteiger partial charge in [-0.15, -0.1) is 0 Å². The Kier molecular flexibility index (Phi) is 3.74. The molecule has 0 bridgehead atoms. The molecule has 1 fully saturated rings. The van der Waals surface area contributed by atoms with E-state index >= 15 is 0 Å².